The Labute approximate surface area is 187 Å². The molecule has 0 bridgehead atoms. The summed E-state index contributed by atoms with van der Waals surface area (Å²) in [5, 5.41) is 11.6. The molecule has 1 aliphatic heterocycles. The second-order valence-corrected chi connectivity index (χ2v) is 9.60. The van der Waals surface area contributed by atoms with Crippen LogP contribution in [0.5, 0.6) is 0 Å². The third kappa shape index (κ3) is 4.59. The number of aromatic nitrogens is 1. The van der Waals surface area contributed by atoms with Gasteiger partial charge >= 0.3 is 6.18 Å². The van der Waals surface area contributed by atoms with Crippen molar-refractivity contribution in [3.05, 3.63) is 37.7 Å². The number of anilines is 1. The van der Waals surface area contributed by atoms with E-state index in [0.29, 0.717) is 24.3 Å². The molecule has 1 saturated carbocycles. The van der Waals surface area contributed by atoms with Gasteiger partial charge in [0.1, 0.15) is 4.70 Å². The van der Waals surface area contributed by atoms with Crippen LogP contribution in [0.2, 0.25) is 0 Å². The predicted molar refractivity (Wildman–Crippen MR) is 118 cm³/mol. The number of benzene rings is 1. The molecule has 1 aliphatic carbocycles. The summed E-state index contributed by atoms with van der Waals surface area (Å²) in [5.41, 5.74) is -3.20. The van der Waals surface area contributed by atoms with E-state index in [9.17, 15) is 28.1 Å². The van der Waals surface area contributed by atoms with E-state index in [4.69, 9.17) is 0 Å². The maximum absolute atomic E-state index is 13.4. The normalized spacial score (nSPS) is 18.9. The van der Waals surface area contributed by atoms with E-state index in [0.717, 1.165) is 43.8 Å². The van der Waals surface area contributed by atoms with Crippen molar-refractivity contribution in [2.75, 3.05) is 37.6 Å². The molecule has 4 rings (SSSR count). The van der Waals surface area contributed by atoms with Crippen LogP contribution in [-0.2, 0) is 6.18 Å². The number of hydrogen-bond donors (Lipinski definition) is 0. The molecule has 2 fully saturated rings. The zero-order chi connectivity index (χ0) is 23.0. The Kier molecular flexibility index (Phi) is 6.39. The molecule has 2 heterocycles. The number of alkyl halides is 3. The fraction of sp³-hybridized carbons (Fsp3) is 0.619. The van der Waals surface area contributed by atoms with Crippen molar-refractivity contribution in [3.63, 3.8) is 0 Å². The Morgan fingerprint density at radius 1 is 1.19 bits per heavy atom. The highest BCUT2D eigenvalue weighted by Gasteiger charge is 2.37. The third-order valence-electron chi connectivity index (χ3n) is 6.50. The molecule has 174 valence electrons. The SMILES string of the molecule is Cc1c(C(F)(F)F)cc2c(=O)nc(N3CCN(CC4CCCCC4)CC3)sc2c1[N+](=O)[O-]. The van der Waals surface area contributed by atoms with Crippen LogP contribution in [0.15, 0.2) is 10.9 Å². The number of fused-ring (bicyclic) bond motifs is 1. The molecule has 2 aromatic rings. The lowest BCUT2D eigenvalue weighted by Gasteiger charge is -2.37. The molecule has 1 saturated heterocycles. The first-order valence-corrected chi connectivity index (χ1v) is 11.6. The second kappa shape index (κ2) is 8.93. The van der Waals surface area contributed by atoms with Crippen molar-refractivity contribution < 1.29 is 18.1 Å². The van der Waals surface area contributed by atoms with E-state index in [-0.39, 0.29) is 10.1 Å². The van der Waals surface area contributed by atoms with Gasteiger partial charge < -0.3 is 4.90 Å². The third-order valence-corrected chi connectivity index (χ3v) is 7.65. The Morgan fingerprint density at radius 2 is 1.84 bits per heavy atom. The first-order chi connectivity index (χ1) is 15.1. The molecule has 0 atom stereocenters. The highest BCUT2D eigenvalue weighted by molar-refractivity contribution is 7.22. The molecule has 0 amide bonds. The van der Waals surface area contributed by atoms with Crippen molar-refractivity contribution in [1.29, 1.82) is 0 Å². The number of piperazine rings is 1. The van der Waals surface area contributed by atoms with Gasteiger partial charge in [0.15, 0.2) is 5.13 Å². The molecule has 0 spiro atoms. The maximum atomic E-state index is 13.4. The van der Waals surface area contributed by atoms with Crippen LogP contribution in [0.25, 0.3) is 10.1 Å². The first kappa shape index (κ1) is 22.9. The van der Waals surface area contributed by atoms with Gasteiger partial charge in [0.05, 0.1) is 15.9 Å². The highest BCUT2D eigenvalue weighted by atomic mass is 32.1. The number of nitro benzene ring substituents is 1. The van der Waals surface area contributed by atoms with Gasteiger partial charge in [-0.1, -0.05) is 30.6 Å². The average Bonchev–Trinajstić information content (AvgIpc) is 2.73. The summed E-state index contributed by atoms with van der Waals surface area (Å²) >= 11 is 0.920. The Hall–Kier alpha value is -2.27. The summed E-state index contributed by atoms with van der Waals surface area (Å²) in [6.07, 6.45) is 1.61. The summed E-state index contributed by atoms with van der Waals surface area (Å²) in [4.78, 5) is 31.7. The van der Waals surface area contributed by atoms with E-state index in [1.807, 2.05) is 4.90 Å². The molecule has 7 nitrogen and oxygen atoms in total. The zero-order valence-corrected chi connectivity index (χ0v) is 18.6. The number of halogens is 3. The van der Waals surface area contributed by atoms with Crippen molar-refractivity contribution in [3.8, 4) is 0 Å². The molecule has 0 N–H and O–H groups in total. The van der Waals surface area contributed by atoms with Crippen LogP contribution >= 0.6 is 11.3 Å². The summed E-state index contributed by atoms with van der Waals surface area (Å²) in [6, 6.07) is 0.690. The number of nitrogens with zero attached hydrogens (tertiary/aromatic N) is 4. The van der Waals surface area contributed by atoms with Crippen LogP contribution in [-0.4, -0.2) is 47.5 Å². The van der Waals surface area contributed by atoms with Gasteiger partial charge in [-0.3, -0.25) is 19.8 Å². The van der Waals surface area contributed by atoms with Crippen molar-refractivity contribution in [1.82, 2.24) is 9.88 Å². The molecular formula is C21H25F3N4O3S. The van der Waals surface area contributed by atoms with Gasteiger partial charge in [-0.2, -0.15) is 18.2 Å². The molecule has 11 heteroatoms. The predicted octanol–water partition coefficient (Wildman–Crippen LogP) is 4.59. The minimum Gasteiger partial charge on any atom is -0.345 e. The lowest BCUT2D eigenvalue weighted by atomic mass is 9.89. The van der Waals surface area contributed by atoms with Gasteiger partial charge in [-0.15, -0.1) is 0 Å². The maximum Gasteiger partial charge on any atom is 0.416 e. The van der Waals surface area contributed by atoms with Crippen molar-refractivity contribution in [2.24, 2.45) is 5.92 Å². The van der Waals surface area contributed by atoms with E-state index in [1.165, 1.54) is 32.1 Å². The minimum atomic E-state index is -4.80. The lowest BCUT2D eigenvalue weighted by molar-refractivity contribution is -0.383. The molecule has 0 radical (unpaired) electrons. The zero-order valence-electron chi connectivity index (χ0n) is 17.8. The fourth-order valence-electron chi connectivity index (χ4n) is 4.77. The molecule has 0 unspecified atom stereocenters. The van der Waals surface area contributed by atoms with Crippen LogP contribution in [0.1, 0.15) is 43.2 Å². The van der Waals surface area contributed by atoms with Crippen LogP contribution in [0.3, 0.4) is 0 Å². The summed E-state index contributed by atoms with van der Waals surface area (Å²) in [5.74, 6) is 0.721. The molecule has 1 aromatic carbocycles. The standard InChI is InChI=1S/C21H25F3N4O3S/c1-13-16(21(22,23)24)11-15-18(17(13)28(30)31)32-20(25-19(15)29)27-9-7-26(8-10-27)12-14-5-3-2-4-6-14/h11,14H,2-10,12H2,1H3. The summed E-state index contributed by atoms with van der Waals surface area (Å²) in [6.45, 7) is 4.96. The quantitative estimate of drug-likeness (QED) is 0.480. The molecule has 2 aliphatic rings. The van der Waals surface area contributed by atoms with Crippen molar-refractivity contribution in [2.45, 2.75) is 45.2 Å². The van der Waals surface area contributed by atoms with Gasteiger partial charge in [-0.25, -0.2) is 0 Å². The Bertz CT molecular complexity index is 1070. The van der Waals surface area contributed by atoms with Gasteiger partial charge in [0.25, 0.3) is 11.2 Å². The van der Waals surface area contributed by atoms with Gasteiger partial charge in [-0.05, 0) is 31.7 Å². The molecule has 32 heavy (non-hydrogen) atoms. The van der Waals surface area contributed by atoms with Crippen molar-refractivity contribution >= 4 is 32.2 Å². The Morgan fingerprint density at radius 3 is 2.44 bits per heavy atom. The second-order valence-electron chi connectivity index (χ2n) is 8.62. The number of hydrogen-bond acceptors (Lipinski definition) is 7. The van der Waals surface area contributed by atoms with E-state index in [2.05, 4.69) is 9.88 Å². The minimum absolute atomic E-state index is 0.0554. The van der Waals surface area contributed by atoms with E-state index >= 15 is 0 Å². The van der Waals surface area contributed by atoms with Crippen LogP contribution in [0, 0.1) is 23.0 Å². The fourth-order valence-corrected chi connectivity index (χ4v) is 5.98. The number of rotatable bonds is 4. The smallest absolute Gasteiger partial charge is 0.345 e. The lowest BCUT2D eigenvalue weighted by Crippen LogP contribution is -2.48. The topological polar surface area (TPSA) is 79.6 Å². The van der Waals surface area contributed by atoms with Gasteiger partial charge in [0, 0.05) is 38.3 Å². The number of nitro groups is 1. The van der Waals surface area contributed by atoms with Crippen LogP contribution in [0.4, 0.5) is 24.0 Å². The first-order valence-electron chi connectivity index (χ1n) is 10.8. The monoisotopic (exact) mass is 470 g/mol. The average molecular weight is 471 g/mol. The molecule has 1 aromatic heterocycles. The van der Waals surface area contributed by atoms with Gasteiger partial charge in [0.2, 0.25) is 0 Å². The molecular weight excluding hydrogens is 445 g/mol. The van der Waals surface area contributed by atoms with Crippen LogP contribution < -0.4 is 10.5 Å². The largest absolute Gasteiger partial charge is 0.416 e. The van der Waals surface area contributed by atoms with E-state index in [1.54, 1.807) is 0 Å². The highest BCUT2D eigenvalue weighted by Crippen LogP contribution is 2.41. The summed E-state index contributed by atoms with van der Waals surface area (Å²) < 4.78 is 40.1. The Balaban J connectivity index is 1.61. The summed E-state index contributed by atoms with van der Waals surface area (Å²) in [7, 11) is 0. The van der Waals surface area contributed by atoms with E-state index < -0.39 is 33.5 Å².